The van der Waals surface area contributed by atoms with E-state index in [0.29, 0.717) is 10.6 Å². The maximum Gasteiger partial charge on any atom is 0.252 e. The minimum absolute atomic E-state index is 0.194. The molecule has 0 aliphatic rings. The van der Waals surface area contributed by atoms with Gasteiger partial charge >= 0.3 is 0 Å². The van der Waals surface area contributed by atoms with E-state index in [1.165, 1.54) is 0 Å². The van der Waals surface area contributed by atoms with Gasteiger partial charge in [-0.15, -0.1) is 6.42 Å². The molecule has 0 heterocycles. The molecule has 0 saturated carbocycles. The van der Waals surface area contributed by atoms with Gasteiger partial charge in [0.1, 0.15) is 0 Å². The molecule has 1 amide bonds. The quantitative estimate of drug-likeness (QED) is 0.764. The zero-order valence-corrected chi connectivity index (χ0v) is 9.43. The van der Waals surface area contributed by atoms with Crippen LogP contribution in [0, 0.1) is 19.3 Å². The van der Waals surface area contributed by atoms with Gasteiger partial charge in [0.25, 0.3) is 5.91 Å². The lowest BCUT2D eigenvalue weighted by Gasteiger charge is -2.09. The smallest absolute Gasteiger partial charge is 0.252 e. The molecule has 2 nitrogen and oxygen atoms in total. The summed E-state index contributed by atoms with van der Waals surface area (Å²) in [5.41, 5.74) is 1.44. The van der Waals surface area contributed by atoms with Gasteiger partial charge in [0.2, 0.25) is 0 Å². The van der Waals surface area contributed by atoms with E-state index < -0.39 is 0 Å². The third-order valence-electron chi connectivity index (χ3n) is 2.04. The Kier molecular flexibility index (Phi) is 3.76. The first-order chi connectivity index (χ1) is 7.04. The van der Waals surface area contributed by atoms with Gasteiger partial charge in [-0.2, -0.15) is 0 Å². The zero-order valence-electron chi connectivity index (χ0n) is 8.67. The van der Waals surface area contributed by atoms with Crippen LogP contribution in [-0.2, 0) is 0 Å². The summed E-state index contributed by atoms with van der Waals surface area (Å²) >= 11 is 5.81. The van der Waals surface area contributed by atoms with Crippen LogP contribution in [0.4, 0.5) is 0 Å². The highest BCUT2D eigenvalue weighted by molar-refractivity contribution is 6.31. The second-order valence-corrected chi connectivity index (χ2v) is 3.76. The van der Waals surface area contributed by atoms with Gasteiger partial charge in [-0.05, 0) is 31.5 Å². The van der Waals surface area contributed by atoms with E-state index >= 15 is 0 Å². The Morgan fingerprint density at radius 3 is 2.87 bits per heavy atom. The molecule has 0 fully saturated rings. The first-order valence-corrected chi connectivity index (χ1v) is 4.95. The second kappa shape index (κ2) is 4.86. The first kappa shape index (κ1) is 11.6. The Morgan fingerprint density at radius 2 is 2.27 bits per heavy atom. The second-order valence-electron chi connectivity index (χ2n) is 3.32. The normalized spacial score (nSPS) is 11.6. The van der Waals surface area contributed by atoms with Crippen LogP contribution in [0.1, 0.15) is 22.8 Å². The molecule has 0 aromatic heterocycles. The average molecular weight is 222 g/mol. The van der Waals surface area contributed by atoms with Crippen LogP contribution >= 0.6 is 11.6 Å². The van der Waals surface area contributed by atoms with Crippen molar-refractivity contribution in [1.82, 2.24) is 5.32 Å². The molecule has 0 aliphatic carbocycles. The number of rotatable bonds is 2. The van der Waals surface area contributed by atoms with Crippen LogP contribution in [0.5, 0.6) is 0 Å². The Labute approximate surface area is 94.6 Å². The van der Waals surface area contributed by atoms with E-state index in [1.54, 1.807) is 25.1 Å². The van der Waals surface area contributed by atoms with Gasteiger partial charge in [0, 0.05) is 10.6 Å². The summed E-state index contributed by atoms with van der Waals surface area (Å²) in [4.78, 5) is 11.7. The monoisotopic (exact) mass is 221 g/mol. The van der Waals surface area contributed by atoms with Crippen LogP contribution < -0.4 is 5.32 Å². The molecule has 15 heavy (non-hydrogen) atoms. The fourth-order valence-corrected chi connectivity index (χ4v) is 1.33. The van der Waals surface area contributed by atoms with Crippen molar-refractivity contribution in [3.05, 3.63) is 34.3 Å². The molecule has 1 aromatic rings. The van der Waals surface area contributed by atoms with Gasteiger partial charge in [-0.1, -0.05) is 23.6 Å². The molecule has 0 aliphatic heterocycles. The fraction of sp³-hybridized carbons (Fsp3) is 0.250. The summed E-state index contributed by atoms with van der Waals surface area (Å²) in [6, 6.07) is 4.90. The minimum atomic E-state index is -0.282. The highest BCUT2D eigenvalue weighted by Gasteiger charge is 2.10. The lowest BCUT2D eigenvalue weighted by Crippen LogP contribution is -2.31. The summed E-state index contributed by atoms with van der Waals surface area (Å²) in [6.07, 6.45) is 5.18. The molecule has 1 atom stereocenters. The van der Waals surface area contributed by atoms with Crippen LogP contribution in [0.15, 0.2) is 18.2 Å². The highest BCUT2D eigenvalue weighted by atomic mass is 35.5. The van der Waals surface area contributed by atoms with Crippen LogP contribution in [-0.4, -0.2) is 11.9 Å². The van der Waals surface area contributed by atoms with Crippen molar-refractivity contribution >= 4 is 17.5 Å². The molecule has 0 saturated heterocycles. The fourth-order valence-electron chi connectivity index (χ4n) is 1.15. The molecular formula is C12H12ClNO. The third-order valence-corrected chi connectivity index (χ3v) is 2.28. The van der Waals surface area contributed by atoms with E-state index in [-0.39, 0.29) is 11.9 Å². The predicted molar refractivity (Wildman–Crippen MR) is 62.0 cm³/mol. The van der Waals surface area contributed by atoms with E-state index in [0.717, 1.165) is 5.56 Å². The maximum absolute atomic E-state index is 11.7. The van der Waals surface area contributed by atoms with Gasteiger partial charge in [-0.3, -0.25) is 4.79 Å². The molecule has 3 heteroatoms. The Bertz CT molecular complexity index is 420. The number of hydrogen-bond donors (Lipinski definition) is 1. The lowest BCUT2D eigenvalue weighted by molar-refractivity contribution is 0.0947. The number of hydrogen-bond acceptors (Lipinski definition) is 1. The topological polar surface area (TPSA) is 29.1 Å². The van der Waals surface area contributed by atoms with Crippen molar-refractivity contribution in [3.8, 4) is 12.3 Å². The molecule has 0 bridgehead atoms. The number of benzene rings is 1. The standard InChI is InChI=1S/C12H12ClNO/c1-4-9(3)14-12(15)11-7-10(13)6-5-8(11)2/h1,5-7,9H,2-3H3,(H,14,15). The van der Waals surface area contributed by atoms with Gasteiger partial charge < -0.3 is 5.32 Å². The van der Waals surface area contributed by atoms with Crippen molar-refractivity contribution < 1.29 is 4.79 Å². The lowest BCUT2D eigenvalue weighted by atomic mass is 10.1. The van der Waals surface area contributed by atoms with E-state index in [4.69, 9.17) is 18.0 Å². The summed E-state index contributed by atoms with van der Waals surface area (Å²) in [6.45, 7) is 3.60. The molecule has 78 valence electrons. The van der Waals surface area contributed by atoms with Crippen molar-refractivity contribution in [1.29, 1.82) is 0 Å². The largest absolute Gasteiger partial charge is 0.339 e. The van der Waals surface area contributed by atoms with Gasteiger partial charge in [-0.25, -0.2) is 0 Å². The zero-order chi connectivity index (χ0) is 11.4. The average Bonchev–Trinajstić information content (AvgIpc) is 2.21. The number of aryl methyl sites for hydroxylation is 1. The number of nitrogens with one attached hydrogen (secondary N) is 1. The van der Waals surface area contributed by atoms with Crippen molar-refractivity contribution in [2.24, 2.45) is 0 Å². The predicted octanol–water partition coefficient (Wildman–Crippen LogP) is 2.40. The van der Waals surface area contributed by atoms with Gasteiger partial charge in [0.05, 0.1) is 6.04 Å². The summed E-state index contributed by atoms with van der Waals surface area (Å²) in [5, 5.41) is 3.22. The van der Waals surface area contributed by atoms with Gasteiger partial charge in [0.15, 0.2) is 0 Å². The Hall–Kier alpha value is -1.46. The maximum atomic E-state index is 11.7. The number of terminal acetylenes is 1. The van der Waals surface area contributed by atoms with Crippen LogP contribution in [0.25, 0.3) is 0 Å². The molecule has 0 spiro atoms. The van der Waals surface area contributed by atoms with E-state index in [2.05, 4.69) is 11.2 Å². The van der Waals surface area contributed by atoms with Crippen molar-refractivity contribution in [2.45, 2.75) is 19.9 Å². The number of carbonyl (C=O) groups excluding carboxylic acids is 1. The molecule has 1 unspecified atom stereocenters. The van der Waals surface area contributed by atoms with Crippen LogP contribution in [0.3, 0.4) is 0 Å². The molecular weight excluding hydrogens is 210 g/mol. The molecule has 1 rings (SSSR count). The summed E-state index contributed by atoms with van der Waals surface area (Å²) in [5.74, 6) is 2.24. The summed E-state index contributed by atoms with van der Waals surface area (Å²) in [7, 11) is 0. The Balaban J connectivity index is 2.92. The van der Waals surface area contributed by atoms with Crippen molar-refractivity contribution in [3.63, 3.8) is 0 Å². The minimum Gasteiger partial charge on any atom is -0.339 e. The first-order valence-electron chi connectivity index (χ1n) is 4.57. The SMILES string of the molecule is C#CC(C)NC(=O)c1cc(Cl)ccc1C. The van der Waals surface area contributed by atoms with Crippen LogP contribution in [0.2, 0.25) is 5.02 Å². The number of carbonyl (C=O) groups is 1. The summed E-state index contributed by atoms with van der Waals surface area (Å²) < 4.78 is 0. The molecule has 1 aromatic carbocycles. The molecule has 0 radical (unpaired) electrons. The Morgan fingerprint density at radius 1 is 1.60 bits per heavy atom. The third kappa shape index (κ3) is 3.00. The van der Waals surface area contributed by atoms with E-state index in [9.17, 15) is 4.79 Å². The van der Waals surface area contributed by atoms with Crippen molar-refractivity contribution in [2.75, 3.05) is 0 Å². The van der Waals surface area contributed by atoms with E-state index in [1.807, 2.05) is 6.92 Å². The number of amides is 1. The molecule has 1 N–H and O–H groups in total. The number of halogens is 1. The highest BCUT2D eigenvalue weighted by Crippen LogP contribution is 2.15.